The molecule has 0 aliphatic carbocycles. The molecular formula is C9H20N2O3S. The predicted octanol–water partition coefficient (Wildman–Crippen LogP) is -0.178. The minimum absolute atomic E-state index is 0.0543. The Labute approximate surface area is 91.4 Å². The van der Waals surface area contributed by atoms with E-state index in [-0.39, 0.29) is 5.75 Å². The van der Waals surface area contributed by atoms with Gasteiger partial charge in [0, 0.05) is 12.6 Å². The SMILES string of the molecule is CC1CC(NCCCS(N)(=O)=O)CCO1. The smallest absolute Gasteiger partial charge is 0.209 e. The summed E-state index contributed by atoms with van der Waals surface area (Å²) in [4.78, 5) is 0. The van der Waals surface area contributed by atoms with Crippen molar-refractivity contribution in [2.24, 2.45) is 5.14 Å². The first-order chi connectivity index (χ1) is 6.97. The standard InChI is InChI=1S/C9H20N2O3S/c1-8-7-9(3-5-14-8)11-4-2-6-15(10,12)13/h8-9,11H,2-7H2,1H3,(H2,10,12,13). The van der Waals surface area contributed by atoms with E-state index in [9.17, 15) is 8.42 Å². The molecule has 1 saturated heterocycles. The molecule has 0 saturated carbocycles. The molecular weight excluding hydrogens is 216 g/mol. The Balaban J connectivity index is 2.09. The van der Waals surface area contributed by atoms with Crippen LogP contribution in [0.3, 0.4) is 0 Å². The highest BCUT2D eigenvalue weighted by molar-refractivity contribution is 7.89. The van der Waals surface area contributed by atoms with E-state index >= 15 is 0 Å². The highest BCUT2D eigenvalue weighted by Gasteiger charge is 2.18. The fraction of sp³-hybridized carbons (Fsp3) is 1.00. The average Bonchev–Trinajstić information content (AvgIpc) is 2.11. The number of hydrogen-bond donors (Lipinski definition) is 2. The van der Waals surface area contributed by atoms with Crippen LogP contribution in [0.25, 0.3) is 0 Å². The molecule has 0 aromatic heterocycles. The maximum absolute atomic E-state index is 10.7. The largest absolute Gasteiger partial charge is 0.378 e. The number of primary sulfonamides is 1. The minimum atomic E-state index is -3.30. The van der Waals surface area contributed by atoms with Gasteiger partial charge in [-0.1, -0.05) is 0 Å². The molecule has 0 radical (unpaired) electrons. The van der Waals surface area contributed by atoms with Crippen LogP contribution in [-0.2, 0) is 14.8 Å². The number of rotatable bonds is 5. The molecule has 5 nitrogen and oxygen atoms in total. The number of hydrogen-bond acceptors (Lipinski definition) is 4. The van der Waals surface area contributed by atoms with Crippen molar-refractivity contribution in [3.8, 4) is 0 Å². The highest BCUT2D eigenvalue weighted by atomic mass is 32.2. The Morgan fingerprint density at radius 2 is 2.27 bits per heavy atom. The Morgan fingerprint density at radius 1 is 1.53 bits per heavy atom. The van der Waals surface area contributed by atoms with Crippen molar-refractivity contribution in [1.29, 1.82) is 0 Å². The molecule has 6 heteroatoms. The van der Waals surface area contributed by atoms with Gasteiger partial charge in [0.1, 0.15) is 0 Å². The summed E-state index contributed by atoms with van der Waals surface area (Å²) in [6.45, 7) is 3.54. The van der Waals surface area contributed by atoms with Crippen LogP contribution in [-0.4, -0.2) is 39.5 Å². The number of ether oxygens (including phenoxy) is 1. The summed E-state index contributed by atoms with van der Waals surface area (Å²) < 4.78 is 26.7. The average molecular weight is 236 g/mol. The third-order valence-electron chi connectivity index (χ3n) is 2.52. The van der Waals surface area contributed by atoms with Crippen molar-refractivity contribution in [2.75, 3.05) is 18.9 Å². The summed E-state index contributed by atoms with van der Waals surface area (Å²) in [5, 5.41) is 8.23. The summed E-state index contributed by atoms with van der Waals surface area (Å²) in [7, 11) is -3.30. The second kappa shape index (κ2) is 5.79. The molecule has 1 rings (SSSR count). The van der Waals surface area contributed by atoms with E-state index in [1.54, 1.807) is 0 Å². The second-order valence-corrected chi connectivity index (χ2v) is 5.81. The van der Waals surface area contributed by atoms with Crippen molar-refractivity contribution in [2.45, 2.75) is 38.3 Å². The zero-order valence-electron chi connectivity index (χ0n) is 9.11. The Hall–Kier alpha value is -0.170. The summed E-state index contributed by atoms with van der Waals surface area (Å²) >= 11 is 0. The van der Waals surface area contributed by atoms with Crippen LogP contribution in [0.5, 0.6) is 0 Å². The Kier molecular flexibility index (Phi) is 4.98. The first kappa shape index (κ1) is 12.9. The molecule has 1 heterocycles. The zero-order chi connectivity index (χ0) is 11.3. The van der Waals surface area contributed by atoms with Crippen LogP contribution in [0.15, 0.2) is 0 Å². The van der Waals surface area contributed by atoms with E-state index < -0.39 is 10.0 Å². The van der Waals surface area contributed by atoms with Gasteiger partial charge < -0.3 is 10.1 Å². The summed E-state index contributed by atoms with van der Waals surface area (Å²) in [5.41, 5.74) is 0. The summed E-state index contributed by atoms with van der Waals surface area (Å²) in [5.74, 6) is 0.0543. The molecule has 15 heavy (non-hydrogen) atoms. The zero-order valence-corrected chi connectivity index (χ0v) is 9.92. The first-order valence-corrected chi connectivity index (χ1v) is 7.04. The molecule has 0 aromatic rings. The fourth-order valence-electron chi connectivity index (χ4n) is 1.76. The van der Waals surface area contributed by atoms with Gasteiger partial charge in [-0.2, -0.15) is 0 Å². The van der Waals surface area contributed by atoms with Gasteiger partial charge in [0.15, 0.2) is 0 Å². The molecule has 2 unspecified atom stereocenters. The molecule has 0 aromatic carbocycles. The van der Waals surface area contributed by atoms with E-state index in [1.165, 1.54) is 0 Å². The van der Waals surface area contributed by atoms with Crippen molar-refractivity contribution < 1.29 is 13.2 Å². The van der Waals surface area contributed by atoms with Crippen molar-refractivity contribution in [3.63, 3.8) is 0 Å². The molecule has 1 fully saturated rings. The van der Waals surface area contributed by atoms with Gasteiger partial charge in [0.25, 0.3) is 0 Å². The highest BCUT2D eigenvalue weighted by Crippen LogP contribution is 2.12. The van der Waals surface area contributed by atoms with Gasteiger partial charge in [-0.05, 0) is 32.7 Å². The van der Waals surface area contributed by atoms with E-state index in [0.717, 1.165) is 19.4 Å². The van der Waals surface area contributed by atoms with Crippen LogP contribution < -0.4 is 10.5 Å². The molecule has 1 aliphatic rings. The molecule has 90 valence electrons. The number of nitrogens with two attached hydrogens (primary N) is 1. The molecule has 0 bridgehead atoms. The van der Waals surface area contributed by atoms with E-state index in [2.05, 4.69) is 12.2 Å². The van der Waals surface area contributed by atoms with Crippen LogP contribution in [0, 0.1) is 0 Å². The van der Waals surface area contributed by atoms with Gasteiger partial charge in [0.05, 0.1) is 11.9 Å². The lowest BCUT2D eigenvalue weighted by Crippen LogP contribution is -2.38. The monoisotopic (exact) mass is 236 g/mol. The molecule has 2 atom stereocenters. The quantitative estimate of drug-likeness (QED) is 0.649. The van der Waals surface area contributed by atoms with Gasteiger partial charge in [-0.3, -0.25) is 0 Å². The number of sulfonamides is 1. The second-order valence-electron chi connectivity index (χ2n) is 4.08. The lowest BCUT2D eigenvalue weighted by molar-refractivity contribution is 0.0135. The molecule has 0 amide bonds. The van der Waals surface area contributed by atoms with Crippen molar-refractivity contribution in [1.82, 2.24) is 5.32 Å². The van der Waals surface area contributed by atoms with Gasteiger partial charge in [0.2, 0.25) is 10.0 Å². The van der Waals surface area contributed by atoms with Crippen LogP contribution in [0.1, 0.15) is 26.2 Å². The fourth-order valence-corrected chi connectivity index (χ4v) is 2.31. The van der Waals surface area contributed by atoms with Gasteiger partial charge in [-0.15, -0.1) is 0 Å². The third-order valence-corrected chi connectivity index (χ3v) is 3.38. The van der Waals surface area contributed by atoms with E-state index in [1.807, 2.05) is 0 Å². The van der Waals surface area contributed by atoms with E-state index in [0.29, 0.717) is 25.1 Å². The third kappa shape index (κ3) is 6.09. The van der Waals surface area contributed by atoms with Gasteiger partial charge in [-0.25, -0.2) is 13.6 Å². The van der Waals surface area contributed by atoms with Gasteiger partial charge >= 0.3 is 0 Å². The Morgan fingerprint density at radius 3 is 2.87 bits per heavy atom. The Bertz CT molecular complexity index is 279. The van der Waals surface area contributed by atoms with Crippen molar-refractivity contribution >= 4 is 10.0 Å². The van der Waals surface area contributed by atoms with E-state index in [4.69, 9.17) is 9.88 Å². The molecule has 0 spiro atoms. The van der Waals surface area contributed by atoms with Crippen molar-refractivity contribution in [3.05, 3.63) is 0 Å². The number of nitrogens with one attached hydrogen (secondary N) is 1. The maximum Gasteiger partial charge on any atom is 0.209 e. The molecule has 1 aliphatic heterocycles. The van der Waals surface area contributed by atoms with Crippen LogP contribution in [0.4, 0.5) is 0 Å². The normalized spacial score (nSPS) is 27.9. The predicted molar refractivity (Wildman–Crippen MR) is 59.0 cm³/mol. The minimum Gasteiger partial charge on any atom is -0.378 e. The first-order valence-electron chi connectivity index (χ1n) is 5.33. The van der Waals surface area contributed by atoms with Crippen LogP contribution >= 0.6 is 0 Å². The topological polar surface area (TPSA) is 81.4 Å². The lowest BCUT2D eigenvalue weighted by Gasteiger charge is -2.28. The lowest BCUT2D eigenvalue weighted by atomic mass is 10.0. The molecule has 3 N–H and O–H groups in total. The summed E-state index contributed by atoms with van der Waals surface area (Å²) in [6, 6.07) is 0.453. The maximum atomic E-state index is 10.7. The summed E-state index contributed by atoms with van der Waals surface area (Å²) in [6.07, 6.45) is 2.87. The van der Waals surface area contributed by atoms with Crippen LogP contribution in [0.2, 0.25) is 0 Å².